The van der Waals surface area contributed by atoms with Crippen molar-refractivity contribution in [3.63, 3.8) is 0 Å². The van der Waals surface area contributed by atoms with Gasteiger partial charge in [0.25, 0.3) is 0 Å². The van der Waals surface area contributed by atoms with Crippen molar-refractivity contribution in [3.8, 4) is 5.75 Å². The van der Waals surface area contributed by atoms with E-state index >= 15 is 0 Å². The van der Waals surface area contributed by atoms with Gasteiger partial charge in [0.15, 0.2) is 5.11 Å². The van der Waals surface area contributed by atoms with E-state index in [-0.39, 0.29) is 5.97 Å². The molecule has 1 heterocycles. The molecule has 2 N–H and O–H groups in total. The number of benzene rings is 1. The largest absolute Gasteiger partial charge is 0.495 e. The Bertz CT molecular complexity index is 883. The lowest BCUT2D eigenvalue weighted by molar-refractivity contribution is 0.0527. The van der Waals surface area contributed by atoms with Gasteiger partial charge in [0.1, 0.15) is 10.8 Å². The number of carbonyl (C=O) groups is 1. The van der Waals surface area contributed by atoms with E-state index in [2.05, 4.69) is 10.6 Å². The van der Waals surface area contributed by atoms with Gasteiger partial charge >= 0.3 is 5.97 Å². The number of ether oxygens (including phenoxy) is 2. The van der Waals surface area contributed by atoms with E-state index < -0.39 is 0 Å². The molecule has 0 amide bonds. The Balaban J connectivity index is 1.81. The molecule has 0 saturated heterocycles. The highest BCUT2D eigenvalue weighted by molar-refractivity contribution is 7.80. The first-order valence-electron chi connectivity index (χ1n) is 9.26. The Kier molecular flexibility index (Phi) is 7.15. The van der Waals surface area contributed by atoms with Gasteiger partial charge in [-0.3, -0.25) is 0 Å². The van der Waals surface area contributed by atoms with Crippen molar-refractivity contribution in [3.05, 3.63) is 39.2 Å². The number of halogens is 1. The number of carbonyl (C=O) groups excluding carboxylic acids is 1. The van der Waals surface area contributed by atoms with Crippen molar-refractivity contribution >= 4 is 56.9 Å². The molecular formula is C20H23ClN2O3S2. The Labute approximate surface area is 179 Å². The van der Waals surface area contributed by atoms with E-state index in [4.69, 9.17) is 33.3 Å². The summed E-state index contributed by atoms with van der Waals surface area (Å²) in [5, 5.41) is 7.92. The SMILES string of the molecule is CCOC(=O)c1c(NC(=S)Nc2ccc(OC)c(Cl)c2)sc2c1CCCCC2. The number of fused-ring (bicyclic) bond motifs is 1. The molecule has 0 unspecified atom stereocenters. The molecule has 28 heavy (non-hydrogen) atoms. The van der Waals surface area contributed by atoms with Crippen molar-refractivity contribution in [1.82, 2.24) is 0 Å². The first kappa shape index (κ1) is 20.9. The van der Waals surface area contributed by atoms with Crippen LogP contribution >= 0.6 is 35.2 Å². The third-order valence-corrected chi connectivity index (χ3v) is 6.24. The van der Waals surface area contributed by atoms with Crippen molar-refractivity contribution < 1.29 is 14.3 Å². The standard InChI is InChI=1S/C20H23ClN2O3S2/c1-3-26-19(24)17-13-7-5-4-6-8-16(13)28-18(17)23-20(27)22-12-9-10-15(25-2)14(21)11-12/h9-11H,3-8H2,1-2H3,(H2,22,23,27). The number of rotatable bonds is 5. The number of methoxy groups -OCH3 is 1. The van der Waals surface area contributed by atoms with Crippen molar-refractivity contribution in [1.29, 1.82) is 0 Å². The molecule has 0 bridgehead atoms. The van der Waals surface area contributed by atoms with Gasteiger partial charge in [-0.1, -0.05) is 18.0 Å². The Hall–Kier alpha value is -1.83. The van der Waals surface area contributed by atoms with Crippen LogP contribution < -0.4 is 15.4 Å². The van der Waals surface area contributed by atoms with Crippen LogP contribution in [0.15, 0.2) is 18.2 Å². The van der Waals surface area contributed by atoms with Crippen LogP contribution in [0.5, 0.6) is 5.75 Å². The normalized spacial score (nSPS) is 13.2. The summed E-state index contributed by atoms with van der Waals surface area (Å²) in [5.74, 6) is 0.303. The van der Waals surface area contributed by atoms with Crippen molar-refractivity contribution in [2.75, 3.05) is 24.4 Å². The first-order valence-corrected chi connectivity index (χ1v) is 10.9. The molecule has 0 radical (unpaired) electrons. The second-order valence-corrected chi connectivity index (χ2v) is 8.34. The lowest BCUT2D eigenvalue weighted by Crippen LogP contribution is -2.20. The molecule has 1 aliphatic carbocycles. The smallest absolute Gasteiger partial charge is 0.341 e. The van der Waals surface area contributed by atoms with E-state index in [1.165, 1.54) is 11.3 Å². The summed E-state index contributed by atoms with van der Waals surface area (Å²) in [6.45, 7) is 2.16. The third kappa shape index (κ3) is 4.77. The minimum atomic E-state index is -0.292. The fraction of sp³-hybridized carbons (Fsp3) is 0.400. The van der Waals surface area contributed by atoms with Crippen LogP contribution in [0.1, 0.15) is 47.0 Å². The van der Waals surface area contributed by atoms with Gasteiger partial charge in [-0.05, 0) is 68.6 Å². The van der Waals surface area contributed by atoms with Crippen LogP contribution in [0, 0.1) is 0 Å². The average Bonchev–Trinajstić information content (AvgIpc) is 2.82. The van der Waals surface area contributed by atoms with E-state index in [9.17, 15) is 4.79 Å². The van der Waals surface area contributed by atoms with Gasteiger partial charge in [0.05, 0.1) is 24.3 Å². The predicted octanol–water partition coefficient (Wildman–Crippen LogP) is 5.66. The zero-order chi connectivity index (χ0) is 20.1. The molecule has 3 rings (SSSR count). The van der Waals surface area contributed by atoms with E-state index in [0.29, 0.717) is 28.1 Å². The van der Waals surface area contributed by atoms with E-state index in [0.717, 1.165) is 41.9 Å². The van der Waals surface area contributed by atoms with Crippen LogP contribution in [0.25, 0.3) is 0 Å². The second kappa shape index (κ2) is 9.58. The van der Waals surface area contributed by atoms with Gasteiger partial charge in [0.2, 0.25) is 0 Å². The molecule has 1 aromatic heterocycles. The minimum Gasteiger partial charge on any atom is -0.495 e. The molecule has 0 saturated carbocycles. The average molecular weight is 439 g/mol. The maximum atomic E-state index is 12.6. The fourth-order valence-corrected chi connectivity index (χ4v) is 5.08. The van der Waals surface area contributed by atoms with Crippen LogP contribution in [0.3, 0.4) is 0 Å². The molecule has 1 aliphatic rings. The molecule has 5 nitrogen and oxygen atoms in total. The summed E-state index contributed by atoms with van der Waals surface area (Å²) in [5.41, 5.74) is 2.47. The van der Waals surface area contributed by atoms with Gasteiger partial charge in [-0.25, -0.2) is 4.79 Å². The number of thiophene rings is 1. The highest BCUT2D eigenvalue weighted by Crippen LogP contribution is 2.38. The number of hydrogen-bond acceptors (Lipinski definition) is 5. The highest BCUT2D eigenvalue weighted by atomic mass is 35.5. The van der Waals surface area contributed by atoms with Gasteiger partial charge in [-0.15, -0.1) is 11.3 Å². The summed E-state index contributed by atoms with van der Waals surface area (Å²) in [7, 11) is 1.57. The Morgan fingerprint density at radius 2 is 2.04 bits per heavy atom. The zero-order valence-electron chi connectivity index (χ0n) is 15.9. The number of nitrogens with one attached hydrogen (secondary N) is 2. The maximum absolute atomic E-state index is 12.6. The lowest BCUT2D eigenvalue weighted by Gasteiger charge is -2.12. The molecule has 0 fully saturated rings. The number of thiocarbonyl (C=S) groups is 1. The number of aryl methyl sites for hydroxylation is 1. The summed E-state index contributed by atoms with van der Waals surface area (Å²) in [4.78, 5) is 13.9. The Morgan fingerprint density at radius 1 is 1.25 bits per heavy atom. The quantitative estimate of drug-likeness (QED) is 0.356. The predicted molar refractivity (Wildman–Crippen MR) is 119 cm³/mol. The summed E-state index contributed by atoms with van der Waals surface area (Å²) in [6, 6.07) is 5.34. The van der Waals surface area contributed by atoms with Crippen LogP contribution in [0.2, 0.25) is 5.02 Å². The molecule has 1 aromatic carbocycles. The van der Waals surface area contributed by atoms with Crippen molar-refractivity contribution in [2.45, 2.75) is 39.0 Å². The number of anilines is 2. The summed E-state index contributed by atoms with van der Waals surface area (Å²) < 4.78 is 10.5. The molecule has 0 spiro atoms. The lowest BCUT2D eigenvalue weighted by atomic mass is 10.1. The topological polar surface area (TPSA) is 59.6 Å². The third-order valence-electron chi connectivity index (χ3n) is 4.54. The molecule has 2 aromatic rings. The summed E-state index contributed by atoms with van der Waals surface area (Å²) in [6.07, 6.45) is 5.30. The number of hydrogen-bond donors (Lipinski definition) is 2. The minimum absolute atomic E-state index is 0.292. The molecular weight excluding hydrogens is 416 g/mol. The van der Waals surface area contributed by atoms with Gasteiger partial charge in [0, 0.05) is 10.6 Å². The van der Waals surface area contributed by atoms with E-state index in [1.807, 2.05) is 13.0 Å². The van der Waals surface area contributed by atoms with Crippen LogP contribution in [-0.2, 0) is 17.6 Å². The monoisotopic (exact) mass is 438 g/mol. The Morgan fingerprint density at radius 3 is 2.75 bits per heavy atom. The molecule has 150 valence electrons. The summed E-state index contributed by atoms with van der Waals surface area (Å²) >= 11 is 13.2. The zero-order valence-corrected chi connectivity index (χ0v) is 18.3. The molecule has 0 aliphatic heterocycles. The van der Waals surface area contributed by atoms with Gasteiger partial charge < -0.3 is 20.1 Å². The molecule has 0 atom stereocenters. The highest BCUT2D eigenvalue weighted by Gasteiger charge is 2.26. The molecule has 8 heteroatoms. The number of esters is 1. The first-order chi connectivity index (χ1) is 13.5. The maximum Gasteiger partial charge on any atom is 0.341 e. The van der Waals surface area contributed by atoms with Gasteiger partial charge in [-0.2, -0.15) is 0 Å². The van der Waals surface area contributed by atoms with E-state index in [1.54, 1.807) is 30.6 Å². The second-order valence-electron chi connectivity index (χ2n) is 6.42. The van der Waals surface area contributed by atoms with Crippen LogP contribution in [-0.4, -0.2) is 24.8 Å². The van der Waals surface area contributed by atoms with Crippen LogP contribution in [0.4, 0.5) is 10.7 Å². The van der Waals surface area contributed by atoms with Crippen molar-refractivity contribution in [2.24, 2.45) is 0 Å². The fourth-order valence-electron chi connectivity index (χ4n) is 3.26.